The summed E-state index contributed by atoms with van der Waals surface area (Å²) >= 11 is 0. The molecule has 2 amide bonds. The van der Waals surface area contributed by atoms with Crippen LogP contribution >= 0.6 is 0 Å². The zero-order valence-corrected chi connectivity index (χ0v) is 23.2. The van der Waals surface area contributed by atoms with Gasteiger partial charge in [-0.3, -0.25) is 4.79 Å². The molecule has 37 heavy (non-hydrogen) atoms. The molecule has 1 heterocycles. The van der Waals surface area contributed by atoms with Crippen molar-refractivity contribution in [1.82, 2.24) is 4.90 Å². The van der Waals surface area contributed by atoms with Crippen LogP contribution in [0.5, 0.6) is 0 Å². The second kappa shape index (κ2) is 11.4. The van der Waals surface area contributed by atoms with E-state index in [1.165, 1.54) is 15.3 Å². The summed E-state index contributed by atoms with van der Waals surface area (Å²) in [5.74, 6) is -0.573. The molecule has 6 heteroatoms. The third-order valence-electron chi connectivity index (χ3n) is 7.22. The Morgan fingerprint density at radius 2 is 1.46 bits per heavy atom. The number of hydrogen-bond donors (Lipinski definition) is 0. The van der Waals surface area contributed by atoms with Gasteiger partial charge in [0.2, 0.25) is 5.91 Å². The lowest BCUT2D eigenvalue weighted by atomic mass is 10.0. The molecule has 0 aromatic heterocycles. The molecule has 1 fully saturated rings. The van der Waals surface area contributed by atoms with E-state index in [9.17, 15) is 9.59 Å². The highest BCUT2D eigenvalue weighted by molar-refractivity contribution is 6.99. The highest BCUT2D eigenvalue weighted by Gasteiger charge is 2.50. The number of nitrogens with zero attached hydrogens (tertiary/aromatic N) is 1. The summed E-state index contributed by atoms with van der Waals surface area (Å²) in [5, 5.41) is 2.28. The van der Waals surface area contributed by atoms with Gasteiger partial charge < -0.3 is 9.16 Å². The Balaban J connectivity index is 1.51. The molecule has 0 spiro atoms. The molecule has 1 aliphatic rings. The lowest BCUT2D eigenvalue weighted by Crippen LogP contribution is -2.66. The number of benzene rings is 3. The van der Waals surface area contributed by atoms with Gasteiger partial charge in [0.25, 0.3) is 8.32 Å². The van der Waals surface area contributed by atoms with E-state index in [0.29, 0.717) is 19.4 Å². The Morgan fingerprint density at radius 1 is 0.946 bits per heavy atom. The first-order valence-corrected chi connectivity index (χ1v) is 14.9. The number of hydrogen-bond acceptors (Lipinski definition) is 4. The highest BCUT2D eigenvalue weighted by atomic mass is 28.4. The molecule has 0 bridgehead atoms. The first-order valence-electron chi connectivity index (χ1n) is 13.0. The molecule has 2 atom stereocenters. The number of cyclic esters (lactones) is 1. The summed E-state index contributed by atoms with van der Waals surface area (Å²) in [6.07, 6.45) is 0.556. The zero-order chi connectivity index (χ0) is 26.5. The topological polar surface area (TPSA) is 55.8 Å². The molecule has 1 saturated heterocycles. The molecule has 5 nitrogen and oxygen atoms in total. The van der Waals surface area contributed by atoms with Gasteiger partial charge in [0.15, 0.2) is 0 Å². The van der Waals surface area contributed by atoms with Gasteiger partial charge in [0.05, 0.1) is 6.04 Å². The summed E-state index contributed by atoms with van der Waals surface area (Å²) in [4.78, 5) is 27.3. The Kier molecular flexibility index (Phi) is 8.30. The van der Waals surface area contributed by atoms with Gasteiger partial charge in [-0.25, -0.2) is 9.69 Å². The lowest BCUT2D eigenvalue weighted by molar-refractivity contribution is -0.133. The van der Waals surface area contributed by atoms with Gasteiger partial charge >= 0.3 is 6.09 Å². The SMILES string of the molecule is C[C@@H](CCO[Si](c1ccccc1)(c1ccccc1)C(C)(C)C)C(=O)N1C(=O)OC[C@@H]1Cc1ccccc1. The fourth-order valence-electron chi connectivity index (χ4n) is 5.28. The van der Waals surface area contributed by atoms with Crippen LogP contribution in [0.2, 0.25) is 5.04 Å². The van der Waals surface area contributed by atoms with Crippen molar-refractivity contribution in [1.29, 1.82) is 0 Å². The van der Waals surface area contributed by atoms with Crippen LogP contribution in [0.15, 0.2) is 91.0 Å². The van der Waals surface area contributed by atoms with Crippen LogP contribution in [0.1, 0.15) is 39.7 Å². The largest absolute Gasteiger partial charge is 0.447 e. The first kappa shape index (κ1) is 26.8. The fraction of sp³-hybridized carbons (Fsp3) is 0.355. The summed E-state index contributed by atoms with van der Waals surface area (Å²) in [6.45, 7) is 9.24. The second-order valence-corrected chi connectivity index (χ2v) is 15.1. The molecule has 4 rings (SSSR count). The van der Waals surface area contributed by atoms with Crippen molar-refractivity contribution in [3.05, 3.63) is 96.6 Å². The van der Waals surface area contributed by atoms with E-state index >= 15 is 0 Å². The van der Waals surface area contributed by atoms with Crippen LogP contribution in [-0.2, 0) is 20.4 Å². The van der Waals surface area contributed by atoms with E-state index in [0.717, 1.165) is 5.56 Å². The van der Waals surface area contributed by atoms with Crippen molar-refractivity contribution >= 4 is 30.7 Å². The number of rotatable bonds is 9. The predicted octanol–water partition coefficient (Wildman–Crippen LogP) is 5.18. The summed E-state index contributed by atoms with van der Waals surface area (Å²) in [6, 6.07) is 30.5. The van der Waals surface area contributed by atoms with Crippen molar-refractivity contribution in [2.75, 3.05) is 13.2 Å². The molecular formula is C31H37NO4Si. The van der Waals surface area contributed by atoms with E-state index in [1.54, 1.807) is 0 Å². The van der Waals surface area contributed by atoms with Crippen LogP contribution in [0.25, 0.3) is 0 Å². The van der Waals surface area contributed by atoms with E-state index in [-0.39, 0.29) is 29.5 Å². The Labute approximate surface area is 221 Å². The van der Waals surface area contributed by atoms with Crippen molar-refractivity contribution in [2.24, 2.45) is 5.92 Å². The molecule has 0 radical (unpaired) electrons. The fourth-order valence-corrected chi connectivity index (χ4v) is 9.86. The van der Waals surface area contributed by atoms with Crippen LogP contribution < -0.4 is 10.4 Å². The monoisotopic (exact) mass is 515 g/mol. The molecule has 1 aliphatic heterocycles. The molecular weight excluding hydrogens is 478 g/mol. The second-order valence-electron chi connectivity index (χ2n) is 10.8. The van der Waals surface area contributed by atoms with E-state index < -0.39 is 14.4 Å². The number of carbonyl (C=O) groups excluding carboxylic acids is 2. The minimum atomic E-state index is -2.68. The van der Waals surface area contributed by atoms with Gasteiger partial charge in [0, 0.05) is 12.5 Å². The quantitative estimate of drug-likeness (QED) is 0.369. The third-order valence-corrected chi connectivity index (χ3v) is 12.3. The van der Waals surface area contributed by atoms with Crippen LogP contribution in [0, 0.1) is 5.92 Å². The van der Waals surface area contributed by atoms with Crippen molar-refractivity contribution in [3.8, 4) is 0 Å². The number of ether oxygens (including phenoxy) is 1. The maximum atomic E-state index is 13.4. The third kappa shape index (κ3) is 5.70. The molecule has 0 saturated carbocycles. The van der Waals surface area contributed by atoms with Crippen molar-refractivity contribution < 1.29 is 18.8 Å². The molecule has 0 unspecified atom stereocenters. The maximum Gasteiger partial charge on any atom is 0.416 e. The van der Waals surface area contributed by atoms with E-state index in [4.69, 9.17) is 9.16 Å². The number of carbonyl (C=O) groups is 2. The highest BCUT2D eigenvalue weighted by Crippen LogP contribution is 2.37. The molecule has 0 aliphatic carbocycles. The van der Waals surface area contributed by atoms with E-state index in [2.05, 4.69) is 69.3 Å². The Morgan fingerprint density at radius 3 is 1.97 bits per heavy atom. The summed E-state index contributed by atoms with van der Waals surface area (Å²) in [5.41, 5.74) is 1.08. The molecule has 3 aromatic carbocycles. The average molecular weight is 516 g/mol. The van der Waals surface area contributed by atoms with Gasteiger partial charge in [-0.2, -0.15) is 0 Å². The Hall–Kier alpha value is -3.22. The normalized spacial score (nSPS) is 16.9. The Bertz CT molecular complexity index is 1140. The smallest absolute Gasteiger partial charge is 0.416 e. The summed E-state index contributed by atoms with van der Waals surface area (Å²) in [7, 11) is -2.68. The standard InChI is InChI=1S/C31H37NO4Si/c1-24(29(33)32-26(23-35-30(32)34)22-25-14-8-5-9-15-25)20-21-36-37(31(2,3)4,27-16-10-6-11-17-27)28-18-12-7-13-19-28/h5-19,24,26H,20-23H2,1-4H3/t24-,26-/m0/s1. The lowest BCUT2D eigenvalue weighted by Gasteiger charge is -2.43. The van der Waals surface area contributed by atoms with Gasteiger partial charge in [0.1, 0.15) is 6.61 Å². The van der Waals surface area contributed by atoms with Crippen LogP contribution in [-0.4, -0.2) is 44.5 Å². The first-order chi connectivity index (χ1) is 17.7. The summed E-state index contributed by atoms with van der Waals surface area (Å²) < 4.78 is 12.2. The molecule has 194 valence electrons. The van der Waals surface area contributed by atoms with Crippen LogP contribution in [0.4, 0.5) is 4.79 Å². The predicted molar refractivity (Wildman–Crippen MR) is 149 cm³/mol. The molecule has 0 N–H and O–H groups in total. The minimum absolute atomic E-state index is 0.136. The van der Waals surface area contributed by atoms with E-state index in [1.807, 2.05) is 49.4 Å². The zero-order valence-electron chi connectivity index (χ0n) is 22.2. The van der Waals surface area contributed by atoms with Crippen LogP contribution in [0.3, 0.4) is 0 Å². The van der Waals surface area contributed by atoms with Gasteiger partial charge in [-0.1, -0.05) is 119 Å². The molecule has 3 aromatic rings. The van der Waals surface area contributed by atoms with Gasteiger partial charge in [-0.15, -0.1) is 0 Å². The number of imide groups is 1. The van der Waals surface area contributed by atoms with Crippen molar-refractivity contribution in [3.63, 3.8) is 0 Å². The average Bonchev–Trinajstić information content (AvgIpc) is 3.26. The maximum absolute atomic E-state index is 13.4. The van der Waals surface area contributed by atoms with Gasteiger partial charge in [-0.05, 0) is 33.8 Å². The number of amides is 2. The van der Waals surface area contributed by atoms with Crippen molar-refractivity contribution in [2.45, 2.75) is 51.6 Å². The minimum Gasteiger partial charge on any atom is -0.447 e.